The van der Waals surface area contributed by atoms with Gasteiger partial charge in [0, 0.05) is 30.5 Å². The Balaban J connectivity index is 2.03. The molecule has 2 aromatic heterocycles. The molecule has 0 saturated heterocycles. The summed E-state index contributed by atoms with van der Waals surface area (Å²) in [5.74, 6) is 0.482. The lowest BCUT2D eigenvalue weighted by Crippen LogP contribution is -2.24. The molecule has 6 nitrogen and oxygen atoms in total. The standard InChI is InChI=1S/C19H20N4O2S/c1-5-21-15-10-11-22-18-16(15)12(2)17(26-18)19(24)23(20-3)13-6-8-14(25-4)9-7-13/h6-11H,3,5H2,1-2,4H3,(H,21,22). The van der Waals surface area contributed by atoms with Crippen LogP contribution in [0.4, 0.5) is 11.4 Å². The van der Waals surface area contributed by atoms with Gasteiger partial charge in [0.15, 0.2) is 0 Å². The predicted octanol–water partition coefficient (Wildman–Crippen LogP) is 4.31. The number of nitrogens with one attached hydrogen (secondary N) is 1. The minimum Gasteiger partial charge on any atom is -0.497 e. The Labute approximate surface area is 156 Å². The summed E-state index contributed by atoms with van der Waals surface area (Å²) < 4.78 is 5.16. The number of fused-ring (bicyclic) bond motifs is 1. The van der Waals surface area contributed by atoms with Crippen LogP contribution in [-0.2, 0) is 0 Å². The highest BCUT2D eigenvalue weighted by molar-refractivity contribution is 7.20. The number of benzene rings is 1. The van der Waals surface area contributed by atoms with Crippen molar-refractivity contribution in [3.05, 3.63) is 47.0 Å². The first kappa shape index (κ1) is 17.9. The maximum absolute atomic E-state index is 13.1. The molecular formula is C19H20N4O2S. The number of anilines is 2. The minimum absolute atomic E-state index is 0.229. The number of amides is 1. The zero-order chi connectivity index (χ0) is 18.7. The number of hydrazone groups is 1. The number of rotatable bonds is 6. The molecule has 0 radical (unpaired) electrons. The molecule has 134 valence electrons. The van der Waals surface area contributed by atoms with Crippen molar-refractivity contribution in [1.82, 2.24) is 4.98 Å². The van der Waals surface area contributed by atoms with Crippen molar-refractivity contribution < 1.29 is 9.53 Å². The van der Waals surface area contributed by atoms with E-state index < -0.39 is 0 Å². The van der Waals surface area contributed by atoms with Gasteiger partial charge in [-0.25, -0.2) is 4.98 Å². The summed E-state index contributed by atoms with van der Waals surface area (Å²) in [4.78, 5) is 18.9. The predicted molar refractivity (Wildman–Crippen MR) is 108 cm³/mol. The molecule has 1 N–H and O–H groups in total. The number of ether oxygens (including phenoxy) is 1. The average Bonchev–Trinajstić information content (AvgIpc) is 3.01. The molecule has 0 aliphatic carbocycles. The molecule has 2 heterocycles. The van der Waals surface area contributed by atoms with Crippen LogP contribution >= 0.6 is 11.3 Å². The second kappa shape index (κ2) is 7.53. The molecule has 26 heavy (non-hydrogen) atoms. The highest BCUT2D eigenvalue weighted by atomic mass is 32.1. The van der Waals surface area contributed by atoms with Crippen molar-refractivity contribution in [2.75, 3.05) is 24.0 Å². The van der Waals surface area contributed by atoms with Crippen LogP contribution in [0.1, 0.15) is 22.2 Å². The third-order valence-electron chi connectivity index (χ3n) is 4.04. The van der Waals surface area contributed by atoms with Crippen LogP contribution < -0.4 is 15.1 Å². The monoisotopic (exact) mass is 368 g/mol. The first-order valence-electron chi connectivity index (χ1n) is 8.17. The SMILES string of the molecule is C=NN(C(=O)c1sc2nccc(NCC)c2c1C)c1ccc(OC)cc1. The van der Waals surface area contributed by atoms with E-state index >= 15 is 0 Å². The molecule has 1 amide bonds. The third kappa shape index (κ3) is 3.13. The van der Waals surface area contributed by atoms with Gasteiger partial charge in [-0.1, -0.05) is 0 Å². The van der Waals surface area contributed by atoms with E-state index in [9.17, 15) is 4.79 Å². The van der Waals surface area contributed by atoms with Crippen LogP contribution in [0, 0.1) is 6.92 Å². The molecular weight excluding hydrogens is 348 g/mol. The van der Waals surface area contributed by atoms with E-state index in [4.69, 9.17) is 4.74 Å². The van der Waals surface area contributed by atoms with Gasteiger partial charge in [-0.2, -0.15) is 10.1 Å². The Kier molecular flexibility index (Phi) is 5.18. The lowest BCUT2D eigenvalue weighted by Gasteiger charge is -2.16. The molecule has 7 heteroatoms. The first-order chi connectivity index (χ1) is 12.6. The van der Waals surface area contributed by atoms with Gasteiger partial charge in [0.1, 0.15) is 15.5 Å². The van der Waals surface area contributed by atoms with Crippen molar-refractivity contribution in [3.8, 4) is 5.75 Å². The molecule has 1 aromatic carbocycles. The molecule has 0 fully saturated rings. The highest BCUT2D eigenvalue weighted by Crippen LogP contribution is 2.35. The molecule has 0 aliphatic heterocycles. The number of hydrogen-bond acceptors (Lipinski definition) is 6. The molecule has 3 rings (SSSR count). The topological polar surface area (TPSA) is 66.8 Å². The van der Waals surface area contributed by atoms with Gasteiger partial charge in [-0.3, -0.25) is 4.79 Å². The van der Waals surface area contributed by atoms with Crippen LogP contribution in [-0.4, -0.2) is 31.3 Å². The Hall–Kier alpha value is -2.93. The maximum Gasteiger partial charge on any atom is 0.289 e. The fourth-order valence-electron chi connectivity index (χ4n) is 2.79. The minimum atomic E-state index is -0.229. The van der Waals surface area contributed by atoms with Crippen molar-refractivity contribution in [1.29, 1.82) is 0 Å². The van der Waals surface area contributed by atoms with E-state index in [1.165, 1.54) is 16.3 Å². The zero-order valence-corrected chi connectivity index (χ0v) is 15.8. The Morgan fingerprint density at radius 3 is 2.69 bits per heavy atom. The smallest absolute Gasteiger partial charge is 0.289 e. The lowest BCUT2D eigenvalue weighted by atomic mass is 10.1. The van der Waals surface area contributed by atoms with Crippen molar-refractivity contribution in [3.63, 3.8) is 0 Å². The molecule has 0 spiro atoms. The molecule has 3 aromatic rings. The van der Waals surface area contributed by atoms with Crippen LogP contribution in [0.25, 0.3) is 10.2 Å². The molecule has 0 bridgehead atoms. The second-order valence-electron chi connectivity index (χ2n) is 5.58. The van der Waals surface area contributed by atoms with Gasteiger partial charge in [0.05, 0.1) is 12.8 Å². The maximum atomic E-state index is 13.1. The largest absolute Gasteiger partial charge is 0.497 e. The van der Waals surface area contributed by atoms with Crippen LogP contribution in [0.3, 0.4) is 0 Å². The summed E-state index contributed by atoms with van der Waals surface area (Å²) in [5.41, 5.74) is 2.50. The van der Waals surface area contributed by atoms with Gasteiger partial charge >= 0.3 is 0 Å². The lowest BCUT2D eigenvalue weighted by molar-refractivity contribution is 0.0991. The summed E-state index contributed by atoms with van der Waals surface area (Å²) in [6.07, 6.45) is 1.75. The van der Waals surface area contributed by atoms with Gasteiger partial charge < -0.3 is 10.1 Å². The fourth-order valence-corrected chi connectivity index (χ4v) is 3.89. The van der Waals surface area contributed by atoms with Crippen LogP contribution in [0.2, 0.25) is 0 Å². The van der Waals surface area contributed by atoms with Gasteiger partial charge in [-0.05, 0) is 49.7 Å². The Morgan fingerprint density at radius 2 is 2.08 bits per heavy atom. The van der Waals surface area contributed by atoms with E-state index in [1.807, 2.05) is 19.9 Å². The number of aryl methyl sites for hydroxylation is 1. The number of carbonyl (C=O) groups excluding carboxylic acids is 1. The number of carbonyl (C=O) groups is 1. The van der Waals surface area contributed by atoms with Crippen LogP contribution in [0.5, 0.6) is 5.75 Å². The first-order valence-corrected chi connectivity index (χ1v) is 8.99. The quantitative estimate of drug-likeness (QED) is 0.520. The van der Waals surface area contributed by atoms with E-state index in [0.29, 0.717) is 16.3 Å². The number of aromatic nitrogens is 1. The van der Waals surface area contributed by atoms with Gasteiger partial charge in [0.2, 0.25) is 0 Å². The second-order valence-corrected chi connectivity index (χ2v) is 6.58. The Morgan fingerprint density at radius 1 is 1.35 bits per heavy atom. The highest BCUT2D eigenvalue weighted by Gasteiger charge is 2.24. The van der Waals surface area contributed by atoms with E-state index in [2.05, 4.69) is 22.1 Å². The van der Waals surface area contributed by atoms with Crippen LogP contribution in [0.15, 0.2) is 41.6 Å². The molecule has 0 saturated carbocycles. The Bertz CT molecular complexity index is 950. The summed E-state index contributed by atoms with van der Waals surface area (Å²) >= 11 is 1.36. The number of thiophene rings is 1. The fraction of sp³-hybridized carbons (Fsp3) is 0.211. The van der Waals surface area contributed by atoms with Crippen molar-refractivity contribution in [2.24, 2.45) is 5.10 Å². The van der Waals surface area contributed by atoms with E-state index in [0.717, 1.165) is 28.0 Å². The van der Waals surface area contributed by atoms with Gasteiger partial charge in [-0.15, -0.1) is 11.3 Å². The zero-order valence-electron chi connectivity index (χ0n) is 14.9. The summed E-state index contributed by atoms with van der Waals surface area (Å²) in [6, 6.07) is 9.03. The molecule has 0 aliphatic rings. The summed E-state index contributed by atoms with van der Waals surface area (Å²) in [7, 11) is 1.60. The number of pyridine rings is 1. The third-order valence-corrected chi connectivity index (χ3v) is 5.23. The summed E-state index contributed by atoms with van der Waals surface area (Å²) in [5, 5.41) is 9.52. The van der Waals surface area contributed by atoms with Gasteiger partial charge in [0.25, 0.3) is 5.91 Å². The summed E-state index contributed by atoms with van der Waals surface area (Å²) in [6.45, 7) is 8.32. The normalized spacial score (nSPS) is 10.6. The number of methoxy groups -OCH3 is 1. The van der Waals surface area contributed by atoms with E-state index in [1.54, 1.807) is 37.6 Å². The molecule has 0 atom stereocenters. The molecule has 0 unspecified atom stereocenters. The van der Waals surface area contributed by atoms with E-state index in [-0.39, 0.29) is 5.91 Å². The van der Waals surface area contributed by atoms with Crippen molar-refractivity contribution >= 4 is 45.6 Å². The number of nitrogens with zero attached hydrogens (tertiary/aromatic N) is 3. The van der Waals surface area contributed by atoms with Crippen molar-refractivity contribution in [2.45, 2.75) is 13.8 Å². The average molecular weight is 368 g/mol. The number of hydrogen-bond donors (Lipinski definition) is 1.